The molecule has 8 nitrogen and oxygen atoms in total. The van der Waals surface area contributed by atoms with E-state index < -0.39 is 6.09 Å². The van der Waals surface area contributed by atoms with Crippen LogP contribution in [0, 0.1) is 0 Å². The molecular formula is C19H21N5O3. The number of carbonyl (C=O) groups is 1. The molecule has 0 fully saturated rings. The normalized spacial score (nSPS) is 11.8. The fourth-order valence-electron chi connectivity index (χ4n) is 2.84. The zero-order valence-electron chi connectivity index (χ0n) is 15.1. The molecule has 2 aromatic carbocycles. The summed E-state index contributed by atoms with van der Waals surface area (Å²) < 4.78 is 10.4. The molecule has 0 bridgehead atoms. The van der Waals surface area contributed by atoms with Gasteiger partial charge in [-0.2, -0.15) is 0 Å². The first kappa shape index (κ1) is 18.4. The van der Waals surface area contributed by atoms with Crippen molar-refractivity contribution in [2.45, 2.75) is 6.04 Å². The second kappa shape index (κ2) is 8.33. The third-order valence-corrected chi connectivity index (χ3v) is 4.04. The summed E-state index contributed by atoms with van der Waals surface area (Å²) in [7, 11) is 3.41. The molecular weight excluding hydrogens is 346 g/mol. The molecule has 0 saturated heterocycles. The molecule has 0 aliphatic rings. The van der Waals surface area contributed by atoms with E-state index in [0.29, 0.717) is 29.0 Å². The minimum Gasteiger partial charge on any atom is -0.497 e. The molecule has 8 heteroatoms. The van der Waals surface area contributed by atoms with E-state index in [1.54, 1.807) is 12.1 Å². The average molecular weight is 367 g/mol. The Morgan fingerprint density at radius 3 is 2.67 bits per heavy atom. The van der Waals surface area contributed by atoms with Gasteiger partial charge in [-0.15, -0.1) is 0 Å². The van der Waals surface area contributed by atoms with E-state index in [0.717, 1.165) is 5.56 Å². The molecule has 0 aliphatic carbocycles. The summed E-state index contributed by atoms with van der Waals surface area (Å²) >= 11 is 0. The number of primary amides is 1. The van der Waals surface area contributed by atoms with Crippen LogP contribution in [0.1, 0.15) is 11.6 Å². The summed E-state index contributed by atoms with van der Waals surface area (Å²) in [5.74, 6) is 1.31. The lowest BCUT2D eigenvalue weighted by molar-refractivity contribution is 0.211. The molecule has 0 unspecified atom stereocenters. The van der Waals surface area contributed by atoms with Crippen LogP contribution in [-0.2, 0) is 0 Å². The highest BCUT2D eigenvalue weighted by Crippen LogP contribution is 2.34. The number of ether oxygens (including phenoxy) is 2. The second-order valence-electron chi connectivity index (χ2n) is 5.83. The number of nitrogens with two attached hydrogens (primary N) is 1. The van der Waals surface area contributed by atoms with Gasteiger partial charge in [0.15, 0.2) is 5.75 Å². The Hall–Kier alpha value is -3.39. The van der Waals surface area contributed by atoms with Gasteiger partial charge in [-0.05, 0) is 18.7 Å². The number of likely N-dealkylation sites (N-methyl/N-ethyl adjacent to an activating group) is 1. The monoisotopic (exact) mass is 367 g/mol. The number of carbonyl (C=O) groups excluding carboxylic acids is 1. The largest absolute Gasteiger partial charge is 0.497 e. The summed E-state index contributed by atoms with van der Waals surface area (Å²) in [6, 6.07) is 13.3. The van der Waals surface area contributed by atoms with Crippen LogP contribution in [0.3, 0.4) is 0 Å². The first-order chi connectivity index (χ1) is 13.1. The summed E-state index contributed by atoms with van der Waals surface area (Å²) in [5, 5.41) is 7.27. The Morgan fingerprint density at radius 2 is 2.00 bits per heavy atom. The highest BCUT2D eigenvalue weighted by molar-refractivity contribution is 5.95. The maximum absolute atomic E-state index is 11.2. The average Bonchev–Trinajstić information content (AvgIpc) is 2.68. The zero-order valence-corrected chi connectivity index (χ0v) is 15.1. The third kappa shape index (κ3) is 4.24. The van der Waals surface area contributed by atoms with Crippen molar-refractivity contribution < 1.29 is 14.3 Å². The molecule has 1 aromatic heterocycles. The van der Waals surface area contributed by atoms with E-state index in [4.69, 9.17) is 15.2 Å². The van der Waals surface area contributed by atoms with E-state index in [-0.39, 0.29) is 11.8 Å². The summed E-state index contributed by atoms with van der Waals surface area (Å²) in [4.78, 5) is 19.9. The summed E-state index contributed by atoms with van der Waals surface area (Å²) in [6.45, 7) is 0.685. The van der Waals surface area contributed by atoms with Crippen LogP contribution >= 0.6 is 0 Å². The smallest absolute Gasteiger partial charge is 0.410 e. The Balaban J connectivity index is 2.06. The van der Waals surface area contributed by atoms with Gasteiger partial charge >= 0.3 is 6.09 Å². The highest BCUT2D eigenvalue weighted by atomic mass is 16.5. The van der Waals surface area contributed by atoms with E-state index in [1.807, 2.05) is 37.4 Å². The zero-order chi connectivity index (χ0) is 19.2. The standard InChI is InChI=1S/C19H21N5O3/c1-21-10-15(12-6-4-3-5-7-12)24-18-14-8-13(26-2)9-16(27-19(20)25)17(14)22-11-23-18/h3-9,11,15,21H,10H2,1-2H3,(H2,20,25)(H,22,23,24)/t15-/m1/s1. The fourth-order valence-corrected chi connectivity index (χ4v) is 2.84. The highest BCUT2D eigenvalue weighted by Gasteiger charge is 2.17. The molecule has 0 radical (unpaired) electrons. The van der Waals surface area contributed by atoms with Crippen LogP contribution in [0.25, 0.3) is 10.9 Å². The quantitative estimate of drug-likeness (QED) is 0.588. The van der Waals surface area contributed by atoms with Gasteiger partial charge < -0.3 is 25.8 Å². The summed E-state index contributed by atoms with van der Waals surface area (Å²) in [5.41, 5.74) is 6.74. The van der Waals surface area contributed by atoms with Crippen molar-refractivity contribution in [3.63, 3.8) is 0 Å². The molecule has 0 spiro atoms. The molecule has 1 amide bonds. The minimum atomic E-state index is -0.921. The van der Waals surface area contributed by atoms with Crippen molar-refractivity contribution in [3.05, 3.63) is 54.4 Å². The molecule has 3 rings (SSSR count). The first-order valence-corrected chi connectivity index (χ1v) is 8.38. The van der Waals surface area contributed by atoms with Gasteiger partial charge in [0.25, 0.3) is 0 Å². The third-order valence-electron chi connectivity index (χ3n) is 4.04. The number of anilines is 1. The Morgan fingerprint density at radius 1 is 1.22 bits per heavy atom. The predicted molar refractivity (Wildman–Crippen MR) is 103 cm³/mol. The number of nitrogens with zero attached hydrogens (tertiary/aromatic N) is 2. The van der Waals surface area contributed by atoms with Crippen molar-refractivity contribution in [2.75, 3.05) is 26.0 Å². The topological polar surface area (TPSA) is 111 Å². The molecule has 0 saturated carbocycles. The second-order valence-corrected chi connectivity index (χ2v) is 5.83. The lowest BCUT2D eigenvalue weighted by Crippen LogP contribution is -2.24. The van der Waals surface area contributed by atoms with Gasteiger partial charge in [-0.3, -0.25) is 0 Å². The number of fused-ring (bicyclic) bond motifs is 1. The number of methoxy groups -OCH3 is 1. The molecule has 1 atom stereocenters. The van der Waals surface area contributed by atoms with Crippen molar-refractivity contribution in [1.82, 2.24) is 15.3 Å². The van der Waals surface area contributed by atoms with E-state index >= 15 is 0 Å². The number of benzene rings is 2. The van der Waals surface area contributed by atoms with E-state index in [2.05, 4.69) is 20.6 Å². The molecule has 0 aliphatic heterocycles. The Bertz CT molecular complexity index is 933. The Labute approximate surface area is 156 Å². The van der Waals surface area contributed by atoms with Crippen molar-refractivity contribution in [2.24, 2.45) is 5.73 Å². The maximum atomic E-state index is 11.2. The lowest BCUT2D eigenvalue weighted by atomic mass is 10.1. The molecule has 27 heavy (non-hydrogen) atoms. The number of hydrogen-bond acceptors (Lipinski definition) is 7. The van der Waals surface area contributed by atoms with Crippen LogP contribution < -0.4 is 25.8 Å². The van der Waals surface area contributed by atoms with E-state index in [9.17, 15) is 4.79 Å². The van der Waals surface area contributed by atoms with Crippen LogP contribution in [0.4, 0.5) is 10.6 Å². The van der Waals surface area contributed by atoms with Gasteiger partial charge in [0, 0.05) is 12.6 Å². The van der Waals surface area contributed by atoms with Gasteiger partial charge in [-0.1, -0.05) is 30.3 Å². The fraction of sp³-hybridized carbons (Fsp3) is 0.211. The van der Waals surface area contributed by atoms with Crippen molar-refractivity contribution in [3.8, 4) is 11.5 Å². The van der Waals surface area contributed by atoms with Gasteiger partial charge in [-0.25, -0.2) is 14.8 Å². The van der Waals surface area contributed by atoms with Gasteiger partial charge in [0.2, 0.25) is 0 Å². The van der Waals surface area contributed by atoms with Crippen LogP contribution in [0.15, 0.2) is 48.8 Å². The van der Waals surface area contributed by atoms with E-state index in [1.165, 1.54) is 13.4 Å². The van der Waals surface area contributed by atoms with Crippen molar-refractivity contribution >= 4 is 22.8 Å². The Kier molecular flexibility index (Phi) is 5.68. The molecule has 4 N–H and O–H groups in total. The lowest BCUT2D eigenvalue weighted by Gasteiger charge is -2.21. The van der Waals surface area contributed by atoms with Gasteiger partial charge in [0.1, 0.15) is 23.4 Å². The summed E-state index contributed by atoms with van der Waals surface area (Å²) in [6.07, 6.45) is 0.488. The number of hydrogen-bond donors (Lipinski definition) is 3. The van der Waals surface area contributed by atoms with Crippen LogP contribution in [-0.4, -0.2) is 36.8 Å². The predicted octanol–water partition coefficient (Wildman–Crippen LogP) is 2.47. The number of nitrogens with one attached hydrogen (secondary N) is 2. The van der Waals surface area contributed by atoms with Crippen LogP contribution in [0.2, 0.25) is 0 Å². The minimum absolute atomic E-state index is 0.0268. The van der Waals surface area contributed by atoms with Crippen molar-refractivity contribution in [1.29, 1.82) is 0 Å². The SMILES string of the molecule is CNC[C@@H](Nc1ncnc2c(OC(N)=O)cc(OC)cc12)c1ccccc1. The van der Waals surface area contributed by atoms with Gasteiger partial charge in [0.05, 0.1) is 18.5 Å². The molecule has 1 heterocycles. The number of aromatic nitrogens is 2. The molecule has 3 aromatic rings. The molecule has 140 valence electrons. The first-order valence-electron chi connectivity index (χ1n) is 8.38. The number of rotatable bonds is 7. The maximum Gasteiger partial charge on any atom is 0.410 e. The van der Waals surface area contributed by atoms with Crippen LogP contribution in [0.5, 0.6) is 11.5 Å². The number of amides is 1.